The lowest BCUT2D eigenvalue weighted by molar-refractivity contribution is 0.0862. The first kappa shape index (κ1) is 15.9. The molecule has 1 heterocycles. The highest BCUT2D eigenvalue weighted by molar-refractivity contribution is 5.87. The zero-order chi connectivity index (χ0) is 17.1. The molecule has 2 aromatic carbocycles. The summed E-state index contributed by atoms with van der Waals surface area (Å²) >= 11 is 0. The predicted molar refractivity (Wildman–Crippen MR) is 89.9 cm³/mol. The van der Waals surface area contributed by atoms with E-state index in [-0.39, 0.29) is 23.6 Å². The molecule has 122 valence electrons. The first-order valence-corrected chi connectivity index (χ1v) is 7.67. The van der Waals surface area contributed by atoms with Gasteiger partial charge < -0.3 is 5.73 Å². The summed E-state index contributed by atoms with van der Waals surface area (Å²) in [5.74, 6) is -0.617. The van der Waals surface area contributed by atoms with E-state index in [1.165, 1.54) is 12.1 Å². The summed E-state index contributed by atoms with van der Waals surface area (Å²) in [6.45, 7) is 1.93. The summed E-state index contributed by atoms with van der Waals surface area (Å²) in [5, 5.41) is 4.21. The van der Waals surface area contributed by atoms with Crippen LogP contribution in [0.15, 0.2) is 54.6 Å². The first-order valence-electron chi connectivity index (χ1n) is 7.67. The zero-order valence-electron chi connectivity index (χ0n) is 13.2. The molecule has 3 rings (SSSR count). The Morgan fingerprint density at radius 2 is 1.83 bits per heavy atom. The number of carbonyl (C=O) groups excluding carboxylic acids is 1. The van der Waals surface area contributed by atoms with Crippen LogP contribution in [0.2, 0.25) is 0 Å². The van der Waals surface area contributed by atoms with E-state index in [1.807, 2.05) is 37.3 Å². The van der Waals surface area contributed by atoms with Gasteiger partial charge in [-0.25, -0.2) is 4.39 Å². The molecule has 6 heteroatoms. The zero-order valence-corrected chi connectivity index (χ0v) is 13.2. The van der Waals surface area contributed by atoms with Gasteiger partial charge in [0.1, 0.15) is 5.82 Å². The molecule has 5 nitrogen and oxygen atoms in total. The van der Waals surface area contributed by atoms with Crippen LogP contribution in [-0.2, 0) is 0 Å². The molecular formula is C18H17FN4O. The summed E-state index contributed by atoms with van der Waals surface area (Å²) in [4.78, 5) is 16.9. The minimum absolute atomic E-state index is 0.0220. The second kappa shape index (κ2) is 6.62. The van der Waals surface area contributed by atoms with E-state index in [0.29, 0.717) is 17.8 Å². The van der Waals surface area contributed by atoms with Gasteiger partial charge in [0.25, 0.3) is 5.91 Å². The Bertz CT molecular complexity index is 843. The predicted octanol–water partition coefficient (Wildman–Crippen LogP) is 3.50. The van der Waals surface area contributed by atoms with Crippen molar-refractivity contribution in [2.75, 3.05) is 5.73 Å². The van der Waals surface area contributed by atoms with Gasteiger partial charge in [-0.05, 0) is 36.2 Å². The van der Waals surface area contributed by atoms with E-state index in [1.54, 1.807) is 12.1 Å². The molecule has 0 fully saturated rings. The number of nitrogens with two attached hydrogens (primary N) is 1. The largest absolute Gasteiger partial charge is 0.368 e. The Morgan fingerprint density at radius 3 is 2.46 bits per heavy atom. The van der Waals surface area contributed by atoms with Crippen molar-refractivity contribution in [1.29, 1.82) is 0 Å². The van der Waals surface area contributed by atoms with E-state index in [0.717, 1.165) is 10.2 Å². The third-order valence-corrected chi connectivity index (χ3v) is 3.85. The number of halogens is 1. The van der Waals surface area contributed by atoms with Crippen LogP contribution in [0.1, 0.15) is 29.6 Å². The van der Waals surface area contributed by atoms with Gasteiger partial charge in [-0.1, -0.05) is 37.3 Å². The smallest absolute Gasteiger partial charge is 0.257 e. The maximum absolute atomic E-state index is 13.0. The average molecular weight is 324 g/mol. The number of hydrogen-bond acceptors (Lipinski definition) is 4. The van der Waals surface area contributed by atoms with Crippen LogP contribution in [0.3, 0.4) is 0 Å². The van der Waals surface area contributed by atoms with Crippen LogP contribution < -0.4 is 5.73 Å². The Hall–Kier alpha value is -3.02. The monoisotopic (exact) mass is 324 g/mol. The summed E-state index contributed by atoms with van der Waals surface area (Å²) in [5.41, 5.74) is 7.38. The van der Waals surface area contributed by atoms with E-state index < -0.39 is 0 Å². The van der Waals surface area contributed by atoms with Gasteiger partial charge in [-0.2, -0.15) is 9.67 Å². The topological polar surface area (TPSA) is 73.8 Å². The highest BCUT2D eigenvalue weighted by Gasteiger charge is 2.24. The molecule has 24 heavy (non-hydrogen) atoms. The van der Waals surface area contributed by atoms with Gasteiger partial charge in [-0.15, -0.1) is 5.10 Å². The van der Waals surface area contributed by atoms with Crippen molar-refractivity contribution < 1.29 is 9.18 Å². The molecule has 0 spiro atoms. The third-order valence-electron chi connectivity index (χ3n) is 3.85. The molecule has 1 aromatic heterocycles. The fourth-order valence-corrected chi connectivity index (χ4v) is 2.59. The molecular weight excluding hydrogens is 307 g/mol. The normalized spacial score (nSPS) is 12.1. The summed E-state index contributed by atoms with van der Waals surface area (Å²) < 4.78 is 14.2. The summed E-state index contributed by atoms with van der Waals surface area (Å²) in [6.07, 6.45) is 0.619. The van der Waals surface area contributed by atoms with Crippen molar-refractivity contribution >= 4 is 11.9 Å². The lowest BCUT2D eigenvalue weighted by Gasteiger charge is -2.13. The van der Waals surface area contributed by atoms with Gasteiger partial charge >= 0.3 is 0 Å². The second-order valence-electron chi connectivity index (χ2n) is 5.42. The molecule has 0 aliphatic rings. The molecule has 0 radical (unpaired) electrons. The molecule has 0 bridgehead atoms. The highest BCUT2D eigenvalue weighted by atomic mass is 19.1. The van der Waals surface area contributed by atoms with Gasteiger partial charge in [0.2, 0.25) is 5.95 Å². The molecule has 1 atom stereocenters. The highest BCUT2D eigenvalue weighted by Crippen LogP contribution is 2.24. The summed E-state index contributed by atoms with van der Waals surface area (Å²) in [6, 6.07) is 15.2. The molecule has 2 N–H and O–H groups in total. The van der Waals surface area contributed by atoms with Gasteiger partial charge in [0.15, 0.2) is 5.82 Å². The molecule has 0 saturated carbocycles. The van der Waals surface area contributed by atoms with Crippen LogP contribution in [0.25, 0.3) is 11.4 Å². The number of rotatable bonds is 4. The minimum atomic E-state index is -0.351. The van der Waals surface area contributed by atoms with E-state index >= 15 is 0 Å². The van der Waals surface area contributed by atoms with Crippen LogP contribution in [0, 0.1) is 5.82 Å². The van der Waals surface area contributed by atoms with Crippen molar-refractivity contribution in [3.63, 3.8) is 0 Å². The maximum atomic E-state index is 13.0. The number of anilines is 1. The fourth-order valence-electron chi connectivity index (χ4n) is 2.59. The number of benzene rings is 2. The van der Waals surface area contributed by atoms with Crippen molar-refractivity contribution in [3.05, 3.63) is 66.0 Å². The molecule has 3 aromatic rings. The third kappa shape index (κ3) is 3.03. The Labute approximate surface area is 138 Å². The molecule has 0 aliphatic carbocycles. The number of carbonyl (C=O) groups is 1. The number of hydrogen-bond donors (Lipinski definition) is 1. The molecule has 0 saturated heterocycles. The van der Waals surface area contributed by atoms with Crippen LogP contribution in [-0.4, -0.2) is 20.7 Å². The van der Waals surface area contributed by atoms with Crippen molar-refractivity contribution in [2.24, 2.45) is 0 Å². The Balaban J connectivity index is 1.94. The number of nitrogen functional groups attached to an aromatic ring is 1. The van der Waals surface area contributed by atoms with Gasteiger partial charge in [0.05, 0.1) is 5.92 Å². The van der Waals surface area contributed by atoms with Crippen LogP contribution >= 0.6 is 0 Å². The van der Waals surface area contributed by atoms with Crippen LogP contribution in [0.4, 0.5) is 10.3 Å². The molecule has 1 unspecified atom stereocenters. The Morgan fingerprint density at radius 1 is 1.17 bits per heavy atom. The van der Waals surface area contributed by atoms with Gasteiger partial charge in [0, 0.05) is 5.56 Å². The standard InChI is InChI=1S/C18H17FN4O/c1-2-15(12-6-4-3-5-7-12)17(24)23-18(20)21-16(22-23)13-8-10-14(19)11-9-13/h3-11,15H,2H2,1H3,(H2,20,21,22). The Kier molecular flexibility index (Phi) is 4.37. The molecule has 0 amide bonds. The lowest BCUT2D eigenvalue weighted by Crippen LogP contribution is -2.22. The van der Waals surface area contributed by atoms with E-state index in [2.05, 4.69) is 10.1 Å². The number of aromatic nitrogens is 3. The first-order chi connectivity index (χ1) is 11.6. The van der Waals surface area contributed by atoms with Crippen molar-refractivity contribution in [2.45, 2.75) is 19.3 Å². The fraction of sp³-hybridized carbons (Fsp3) is 0.167. The maximum Gasteiger partial charge on any atom is 0.257 e. The quantitative estimate of drug-likeness (QED) is 0.797. The second-order valence-corrected chi connectivity index (χ2v) is 5.42. The average Bonchev–Trinajstić information content (AvgIpc) is 2.99. The van der Waals surface area contributed by atoms with Crippen molar-refractivity contribution in [1.82, 2.24) is 14.8 Å². The van der Waals surface area contributed by atoms with E-state index in [9.17, 15) is 9.18 Å². The minimum Gasteiger partial charge on any atom is -0.368 e. The van der Waals surface area contributed by atoms with Gasteiger partial charge in [-0.3, -0.25) is 4.79 Å². The SMILES string of the molecule is CCC(C(=O)n1nc(-c2ccc(F)cc2)nc1N)c1ccccc1. The van der Waals surface area contributed by atoms with Crippen LogP contribution in [0.5, 0.6) is 0 Å². The lowest BCUT2D eigenvalue weighted by atomic mass is 9.96. The summed E-state index contributed by atoms with van der Waals surface area (Å²) in [7, 11) is 0. The van der Waals surface area contributed by atoms with Crippen molar-refractivity contribution in [3.8, 4) is 11.4 Å². The number of nitrogens with zero attached hydrogens (tertiary/aromatic N) is 3. The molecule has 0 aliphatic heterocycles. The van der Waals surface area contributed by atoms with E-state index in [4.69, 9.17) is 5.73 Å².